The first kappa shape index (κ1) is 21.9. The molecule has 0 saturated carbocycles. The van der Waals surface area contributed by atoms with Crippen LogP contribution in [0.1, 0.15) is 25.2 Å². The van der Waals surface area contributed by atoms with Gasteiger partial charge < -0.3 is 19.1 Å². The number of hydrogen-bond acceptors (Lipinski definition) is 6. The molecule has 2 aromatic heterocycles. The number of aromatic nitrogens is 4. The normalized spacial score (nSPS) is 11.4. The highest BCUT2D eigenvalue weighted by atomic mass is 16.5. The van der Waals surface area contributed by atoms with Gasteiger partial charge in [-0.25, -0.2) is 9.78 Å². The van der Waals surface area contributed by atoms with E-state index in [1.807, 2.05) is 0 Å². The maximum Gasteiger partial charge on any atom is 0.332 e. The highest BCUT2D eigenvalue weighted by Gasteiger charge is 2.21. The van der Waals surface area contributed by atoms with Crippen LogP contribution in [0.3, 0.4) is 0 Å². The largest absolute Gasteiger partial charge is 0.493 e. The van der Waals surface area contributed by atoms with E-state index < -0.39 is 23.8 Å². The monoisotopic (exact) mass is 428 g/mol. The van der Waals surface area contributed by atoms with Crippen molar-refractivity contribution in [3.63, 3.8) is 0 Å². The molecular weight excluding hydrogens is 404 g/mol. The van der Waals surface area contributed by atoms with Crippen LogP contribution in [-0.4, -0.2) is 44.0 Å². The molecule has 1 N–H and O–H groups in total. The predicted octanol–water partition coefficient (Wildman–Crippen LogP) is 1.67. The van der Waals surface area contributed by atoms with Crippen molar-refractivity contribution in [1.82, 2.24) is 18.7 Å². The van der Waals surface area contributed by atoms with E-state index in [9.17, 15) is 19.5 Å². The number of ether oxygens (including phenoxy) is 2. The van der Waals surface area contributed by atoms with Gasteiger partial charge in [-0.05, 0) is 37.6 Å². The predicted molar refractivity (Wildman–Crippen MR) is 116 cm³/mol. The molecular formula is C21H24N4O6. The van der Waals surface area contributed by atoms with Crippen LogP contribution in [-0.2, 0) is 24.4 Å². The molecule has 31 heavy (non-hydrogen) atoms. The lowest BCUT2D eigenvalue weighted by molar-refractivity contribution is -0.137. The Kier molecular flexibility index (Phi) is 6.28. The molecule has 10 nitrogen and oxygen atoms in total. The fourth-order valence-electron chi connectivity index (χ4n) is 3.42. The fraction of sp³-hybridized carbons (Fsp3) is 0.333. The Morgan fingerprint density at radius 1 is 1.03 bits per heavy atom. The number of carboxylic acids is 1. The van der Waals surface area contributed by atoms with Crippen molar-refractivity contribution >= 4 is 29.3 Å². The van der Waals surface area contributed by atoms with E-state index in [0.29, 0.717) is 18.0 Å². The summed E-state index contributed by atoms with van der Waals surface area (Å²) >= 11 is 0. The van der Waals surface area contributed by atoms with Gasteiger partial charge in [0.1, 0.15) is 12.4 Å². The Morgan fingerprint density at radius 3 is 2.29 bits per heavy atom. The second kappa shape index (κ2) is 8.90. The van der Waals surface area contributed by atoms with Gasteiger partial charge in [-0.2, -0.15) is 0 Å². The van der Waals surface area contributed by atoms with Gasteiger partial charge in [0.2, 0.25) is 0 Å². The maximum atomic E-state index is 12.9. The standard InChI is InChI=1S/C21H24N4O6/c1-5-23-19-18(20(28)24(6-2)21(23)29)25(12-17(26)27)16(22-19)10-8-13-7-9-14(30-3)15(11-13)31-4/h7-11H,5-6,12H2,1-4H3,(H,26,27). The van der Waals surface area contributed by atoms with Crippen LogP contribution < -0.4 is 20.7 Å². The molecule has 0 atom stereocenters. The molecule has 0 aliphatic heterocycles. The maximum absolute atomic E-state index is 12.9. The SMILES string of the molecule is CCn1c(=O)c2c(nc(C=Cc3ccc(OC)c(OC)c3)n2CC(=O)O)n(CC)c1=O. The van der Waals surface area contributed by atoms with Gasteiger partial charge in [0, 0.05) is 13.1 Å². The summed E-state index contributed by atoms with van der Waals surface area (Å²) < 4.78 is 14.3. The topological polar surface area (TPSA) is 118 Å². The van der Waals surface area contributed by atoms with Gasteiger partial charge in [-0.15, -0.1) is 0 Å². The van der Waals surface area contributed by atoms with E-state index in [4.69, 9.17) is 9.47 Å². The molecule has 2 heterocycles. The first-order valence-corrected chi connectivity index (χ1v) is 9.71. The van der Waals surface area contributed by atoms with Crippen LogP contribution in [0.2, 0.25) is 0 Å². The third-order valence-corrected chi connectivity index (χ3v) is 4.90. The molecule has 0 aliphatic rings. The number of benzene rings is 1. The Hall–Kier alpha value is -3.82. The fourth-order valence-corrected chi connectivity index (χ4v) is 3.42. The van der Waals surface area contributed by atoms with Gasteiger partial charge in [-0.3, -0.25) is 18.7 Å². The summed E-state index contributed by atoms with van der Waals surface area (Å²) in [4.78, 5) is 41.5. The summed E-state index contributed by atoms with van der Waals surface area (Å²) in [5.41, 5.74) is -0.0388. The number of methoxy groups -OCH3 is 2. The van der Waals surface area contributed by atoms with Crippen LogP contribution in [0.25, 0.3) is 23.3 Å². The molecule has 0 amide bonds. The van der Waals surface area contributed by atoms with Crippen molar-refractivity contribution in [2.24, 2.45) is 0 Å². The van der Waals surface area contributed by atoms with Crippen LogP contribution >= 0.6 is 0 Å². The minimum absolute atomic E-state index is 0.0812. The van der Waals surface area contributed by atoms with Crippen molar-refractivity contribution < 1.29 is 19.4 Å². The first-order chi connectivity index (χ1) is 14.9. The third kappa shape index (κ3) is 3.96. The van der Waals surface area contributed by atoms with E-state index in [1.165, 1.54) is 23.4 Å². The van der Waals surface area contributed by atoms with Crippen LogP contribution in [0.5, 0.6) is 11.5 Å². The second-order valence-corrected chi connectivity index (χ2v) is 6.65. The van der Waals surface area contributed by atoms with Crippen molar-refractivity contribution in [3.8, 4) is 11.5 Å². The number of imidazole rings is 1. The third-order valence-electron chi connectivity index (χ3n) is 4.90. The first-order valence-electron chi connectivity index (χ1n) is 9.71. The number of carboxylic acid groups (broad SMARTS) is 1. The van der Waals surface area contributed by atoms with Crippen LogP contribution in [0.15, 0.2) is 27.8 Å². The number of aryl methyl sites for hydroxylation is 1. The molecule has 1 aromatic carbocycles. The van der Waals surface area contributed by atoms with Crippen molar-refractivity contribution in [2.75, 3.05) is 14.2 Å². The van der Waals surface area contributed by atoms with Crippen molar-refractivity contribution in [3.05, 3.63) is 50.4 Å². The molecule has 10 heteroatoms. The van der Waals surface area contributed by atoms with Crippen LogP contribution in [0.4, 0.5) is 0 Å². The molecule has 0 fully saturated rings. The zero-order valence-corrected chi connectivity index (χ0v) is 17.8. The average Bonchev–Trinajstić information content (AvgIpc) is 3.10. The molecule has 3 aromatic rings. The lowest BCUT2D eigenvalue weighted by Crippen LogP contribution is -2.40. The molecule has 3 rings (SSSR count). The number of fused-ring (bicyclic) bond motifs is 1. The van der Waals surface area contributed by atoms with Crippen molar-refractivity contribution in [2.45, 2.75) is 33.5 Å². The van der Waals surface area contributed by atoms with E-state index in [1.54, 1.807) is 44.2 Å². The Bertz CT molecular complexity index is 1280. The molecule has 0 saturated heterocycles. The zero-order chi connectivity index (χ0) is 22.7. The van der Waals surface area contributed by atoms with E-state index in [2.05, 4.69) is 4.98 Å². The number of rotatable bonds is 8. The summed E-state index contributed by atoms with van der Waals surface area (Å²) in [5, 5.41) is 9.40. The smallest absolute Gasteiger partial charge is 0.332 e. The number of hydrogen-bond donors (Lipinski definition) is 1. The summed E-state index contributed by atoms with van der Waals surface area (Å²) in [6, 6.07) is 5.30. The summed E-state index contributed by atoms with van der Waals surface area (Å²) in [7, 11) is 3.07. The van der Waals surface area contributed by atoms with Gasteiger partial charge in [0.05, 0.1) is 14.2 Å². The molecule has 0 aliphatic carbocycles. The van der Waals surface area contributed by atoms with E-state index in [0.717, 1.165) is 10.1 Å². The summed E-state index contributed by atoms with van der Waals surface area (Å²) in [6.45, 7) is 3.44. The summed E-state index contributed by atoms with van der Waals surface area (Å²) in [5.74, 6) is 0.232. The molecule has 0 radical (unpaired) electrons. The molecule has 0 bridgehead atoms. The van der Waals surface area contributed by atoms with Crippen molar-refractivity contribution in [1.29, 1.82) is 0 Å². The summed E-state index contributed by atoms with van der Waals surface area (Å²) in [6.07, 6.45) is 3.32. The Labute approximate surface area is 177 Å². The number of aliphatic carboxylic acids is 1. The molecule has 0 unspecified atom stereocenters. The van der Waals surface area contributed by atoms with E-state index >= 15 is 0 Å². The Morgan fingerprint density at radius 2 is 1.71 bits per heavy atom. The molecule has 164 valence electrons. The van der Waals surface area contributed by atoms with Gasteiger partial charge in [0.25, 0.3) is 5.56 Å². The minimum atomic E-state index is -1.13. The van der Waals surface area contributed by atoms with Gasteiger partial charge in [0.15, 0.2) is 22.7 Å². The number of carbonyl (C=O) groups is 1. The quantitative estimate of drug-likeness (QED) is 0.580. The zero-order valence-electron chi connectivity index (χ0n) is 17.8. The van der Waals surface area contributed by atoms with Gasteiger partial charge >= 0.3 is 11.7 Å². The number of nitrogens with zero attached hydrogens (tertiary/aromatic N) is 4. The highest BCUT2D eigenvalue weighted by molar-refractivity contribution is 5.79. The minimum Gasteiger partial charge on any atom is -0.493 e. The second-order valence-electron chi connectivity index (χ2n) is 6.65. The van der Waals surface area contributed by atoms with E-state index in [-0.39, 0.29) is 23.5 Å². The lowest BCUT2D eigenvalue weighted by atomic mass is 10.2. The molecule has 0 spiro atoms. The Balaban J connectivity index is 2.24. The van der Waals surface area contributed by atoms with Crippen LogP contribution in [0, 0.1) is 0 Å². The van der Waals surface area contributed by atoms with Gasteiger partial charge in [-0.1, -0.05) is 12.1 Å². The average molecular weight is 428 g/mol. The lowest BCUT2D eigenvalue weighted by Gasteiger charge is -2.09. The highest BCUT2D eigenvalue weighted by Crippen LogP contribution is 2.28.